The van der Waals surface area contributed by atoms with Gasteiger partial charge >= 0.3 is 0 Å². The van der Waals surface area contributed by atoms with Crippen LogP contribution < -0.4 is 15.1 Å². The molecule has 0 atom stereocenters. The average Bonchev–Trinajstić information content (AvgIpc) is 3.45. The molecule has 0 saturated carbocycles. The molecule has 9 nitrogen and oxygen atoms in total. The van der Waals surface area contributed by atoms with E-state index in [2.05, 4.69) is 89.6 Å². The van der Waals surface area contributed by atoms with E-state index in [0.717, 1.165) is 82.6 Å². The van der Waals surface area contributed by atoms with Crippen molar-refractivity contribution in [3.63, 3.8) is 0 Å². The Kier molecular flexibility index (Phi) is 6.41. The van der Waals surface area contributed by atoms with Crippen LogP contribution in [0.2, 0.25) is 0 Å². The van der Waals surface area contributed by atoms with E-state index in [4.69, 9.17) is 9.72 Å². The summed E-state index contributed by atoms with van der Waals surface area (Å²) in [5.41, 5.74) is 9.72. The van der Waals surface area contributed by atoms with Gasteiger partial charge in [0.05, 0.1) is 36.1 Å². The second kappa shape index (κ2) is 10.5. The van der Waals surface area contributed by atoms with Gasteiger partial charge in [-0.1, -0.05) is 0 Å². The third kappa shape index (κ3) is 5.03. The third-order valence-electron chi connectivity index (χ3n) is 7.52. The predicted octanol–water partition coefficient (Wildman–Crippen LogP) is 6.22. The van der Waals surface area contributed by atoms with E-state index in [-0.39, 0.29) is 0 Å². The van der Waals surface area contributed by atoms with Crippen LogP contribution in [0.15, 0.2) is 85.3 Å². The highest BCUT2D eigenvalue weighted by Crippen LogP contribution is 2.31. The number of imidazole rings is 1. The number of aryl methyl sites for hydroxylation is 1. The minimum atomic E-state index is 0.685. The fraction of sp³-hybridized carbons (Fsp3) is 0.188. The van der Waals surface area contributed by atoms with Crippen LogP contribution in [0, 0.1) is 6.92 Å². The van der Waals surface area contributed by atoms with Gasteiger partial charge in [0.25, 0.3) is 0 Å². The molecule has 9 heteroatoms. The van der Waals surface area contributed by atoms with Crippen molar-refractivity contribution < 1.29 is 4.74 Å². The summed E-state index contributed by atoms with van der Waals surface area (Å²) < 4.78 is 5.52. The topological polar surface area (TPSA) is 95.1 Å². The number of H-pyrrole nitrogens is 1. The lowest BCUT2D eigenvalue weighted by Gasteiger charge is -2.29. The maximum atomic E-state index is 5.52. The summed E-state index contributed by atoms with van der Waals surface area (Å²) in [7, 11) is 2.02. The quantitative estimate of drug-likeness (QED) is 0.256. The van der Waals surface area contributed by atoms with Gasteiger partial charge < -0.3 is 24.8 Å². The zero-order valence-corrected chi connectivity index (χ0v) is 23.0. The Morgan fingerprint density at radius 1 is 0.878 bits per heavy atom. The summed E-state index contributed by atoms with van der Waals surface area (Å²) in [6, 6.07) is 22.8. The molecule has 2 aromatic carbocycles. The van der Waals surface area contributed by atoms with Crippen molar-refractivity contribution in [3.8, 4) is 11.4 Å². The van der Waals surface area contributed by atoms with Crippen LogP contribution in [-0.4, -0.2) is 58.3 Å². The average molecular weight is 543 g/mol. The molecule has 0 amide bonds. The minimum absolute atomic E-state index is 0.685. The highest BCUT2D eigenvalue weighted by Gasteiger charge is 2.14. The SMILES string of the molecule is Cc1cc(N(C)c2cnc3nc(-c4ccc(Nc5ccnc6ccc(N7CCOCC7)cc56)cc4)[nH]c3c2)ccn1. The molecule has 0 aliphatic carbocycles. The highest BCUT2D eigenvalue weighted by atomic mass is 16.5. The van der Waals surface area contributed by atoms with Crippen molar-refractivity contribution in [2.24, 2.45) is 0 Å². The standard InChI is InChI=1S/C32H30N8O/c1-21-17-24(9-11-33-21)39(2)26-19-30-32(35-20-26)38-31(37-30)22-3-5-23(6-4-22)36-29-10-12-34-28-8-7-25(18-27(28)29)40-13-15-41-16-14-40/h3-12,17-20H,13-16H2,1-2H3,(H,34,36)(H,35,37,38). The number of aromatic nitrogens is 5. The number of nitrogens with zero attached hydrogens (tertiary/aromatic N) is 6. The highest BCUT2D eigenvalue weighted by molar-refractivity contribution is 5.95. The number of morpholine rings is 1. The summed E-state index contributed by atoms with van der Waals surface area (Å²) in [4.78, 5) is 26.1. The van der Waals surface area contributed by atoms with Gasteiger partial charge in [-0.05, 0) is 73.7 Å². The molecule has 1 saturated heterocycles. The Morgan fingerprint density at radius 3 is 2.54 bits per heavy atom. The van der Waals surface area contributed by atoms with Crippen LogP contribution in [-0.2, 0) is 4.74 Å². The third-order valence-corrected chi connectivity index (χ3v) is 7.52. The molecule has 4 aromatic heterocycles. The smallest absolute Gasteiger partial charge is 0.178 e. The first kappa shape index (κ1) is 25.0. The number of benzene rings is 2. The van der Waals surface area contributed by atoms with Gasteiger partial charge in [-0.15, -0.1) is 0 Å². The fourth-order valence-corrected chi connectivity index (χ4v) is 5.23. The van der Waals surface area contributed by atoms with Crippen molar-refractivity contribution in [2.45, 2.75) is 6.92 Å². The first-order valence-corrected chi connectivity index (χ1v) is 13.7. The monoisotopic (exact) mass is 542 g/mol. The maximum absolute atomic E-state index is 5.52. The second-order valence-corrected chi connectivity index (χ2v) is 10.2. The molecule has 1 aliphatic heterocycles. The molecular weight excluding hydrogens is 512 g/mol. The first-order chi connectivity index (χ1) is 20.1. The van der Waals surface area contributed by atoms with E-state index in [1.807, 2.05) is 44.7 Å². The van der Waals surface area contributed by atoms with Gasteiger partial charge in [0.15, 0.2) is 5.65 Å². The molecule has 41 heavy (non-hydrogen) atoms. The zero-order valence-electron chi connectivity index (χ0n) is 23.0. The summed E-state index contributed by atoms with van der Waals surface area (Å²) in [5.74, 6) is 0.781. The fourth-order valence-electron chi connectivity index (χ4n) is 5.23. The molecule has 7 rings (SSSR count). The Morgan fingerprint density at radius 2 is 1.71 bits per heavy atom. The van der Waals surface area contributed by atoms with Gasteiger partial charge in [-0.2, -0.15) is 0 Å². The van der Waals surface area contributed by atoms with E-state index in [9.17, 15) is 0 Å². The molecular formula is C32H30N8O. The summed E-state index contributed by atoms with van der Waals surface area (Å²) in [6.45, 7) is 5.30. The Balaban J connectivity index is 1.12. The normalized spacial score (nSPS) is 13.6. The van der Waals surface area contributed by atoms with Gasteiger partial charge in [0.2, 0.25) is 0 Å². The van der Waals surface area contributed by atoms with E-state index >= 15 is 0 Å². The number of pyridine rings is 3. The first-order valence-electron chi connectivity index (χ1n) is 13.7. The van der Waals surface area contributed by atoms with Crippen molar-refractivity contribution in [3.05, 3.63) is 91.0 Å². The summed E-state index contributed by atoms with van der Waals surface area (Å²) >= 11 is 0. The molecule has 0 unspecified atom stereocenters. The number of ether oxygens (including phenoxy) is 1. The van der Waals surface area contributed by atoms with Crippen LogP contribution >= 0.6 is 0 Å². The molecule has 2 N–H and O–H groups in total. The number of rotatable bonds is 6. The molecule has 1 aliphatic rings. The van der Waals surface area contributed by atoms with Gasteiger partial charge in [-0.3, -0.25) is 9.97 Å². The van der Waals surface area contributed by atoms with Crippen molar-refractivity contribution >= 4 is 50.5 Å². The summed E-state index contributed by atoms with van der Waals surface area (Å²) in [6.07, 6.45) is 5.51. The molecule has 5 heterocycles. The molecule has 0 spiro atoms. The van der Waals surface area contributed by atoms with Crippen molar-refractivity contribution in [2.75, 3.05) is 48.5 Å². The molecule has 6 aromatic rings. The van der Waals surface area contributed by atoms with E-state index in [1.165, 1.54) is 5.69 Å². The molecule has 1 fully saturated rings. The molecule has 204 valence electrons. The number of hydrogen-bond acceptors (Lipinski definition) is 8. The Hall–Kier alpha value is -5.02. The van der Waals surface area contributed by atoms with E-state index in [0.29, 0.717) is 5.65 Å². The van der Waals surface area contributed by atoms with Crippen LogP contribution in [0.3, 0.4) is 0 Å². The number of nitrogens with one attached hydrogen (secondary N) is 2. The van der Waals surface area contributed by atoms with Gasteiger partial charge in [0.1, 0.15) is 5.82 Å². The van der Waals surface area contributed by atoms with Crippen LogP contribution in [0.5, 0.6) is 0 Å². The predicted molar refractivity (Wildman–Crippen MR) is 164 cm³/mol. The Bertz CT molecular complexity index is 1840. The molecule has 0 radical (unpaired) electrons. The van der Waals surface area contributed by atoms with Crippen LogP contribution in [0.1, 0.15) is 5.69 Å². The van der Waals surface area contributed by atoms with Crippen LogP contribution in [0.4, 0.5) is 28.4 Å². The minimum Gasteiger partial charge on any atom is -0.378 e. The van der Waals surface area contributed by atoms with E-state index < -0.39 is 0 Å². The number of fused-ring (bicyclic) bond motifs is 2. The van der Waals surface area contributed by atoms with Gasteiger partial charge in [-0.25, -0.2) is 9.97 Å². The largest absolute Gasteiger partial charge is 0.378 e. The van der Waals surface area contributed by atoms with Crippen molar-refractivity contribution in [1.82, 2.24) is 24.9 Å². The number of anilines is 5. The lowest BCUT2D eigenvalue weighted by atomic mass is 10.1. The lowest BCUT2D eigenvalue weighted by molar-refractivity contribution is 0.122. The second-order valence-electron chi connectivity index (χ2n) is 10.2. The zero-order chi connectivity index (χ0) is 27.8. The summed E-state index contributed by atoms with van der Waals surface area (Å²) in [5, 5.41) is 4.68. The van der Waals surface area contributed by atoms with Crippen LogP contribution in [0.25, 0.3) is 33.5 Å². The molecule has 0 bridgehead atoms. The van der Waals surface area contributed by atoms with E-state index in [1.54, 1.807) is 0 Å². The Labute approximate surface area is 237 Å². The van der Waals surface area contributed by atoms with Gasteiger partial charge in [0, 0.05) is 71.9 Å². The number of aromatic amines is 1. The lowest BCUT2D eigenvalue weighted by Crippen LogP contribution is -2.36. The maximum Gasteiger partial charge on any atom is 0.178 e. The van der Waals surface area contributed by atoms with Crippen molar-refractivity contribution in [1.29, 1.82) is 0 Å². The number of hydrogen-bond donors (Lipinski definition) is 2.